The number of nitrogens with one attached hydrogen (secondary N) is 2. The summed E-state index contributed by atoms with van der Waals surface area (Å²) in [5, 5.41) is 3.08. The van der Waals surface area contributed by atoms with Gasteiger partial charge in [0.15, 0.2) is 0 Å². The molecule has 0 saturated carbocycles. The number of carbonyl (C=O) groups is 1. The van der Waals surface area contributed by atoms with E-state index >= 15 is 0 Å². The minimum Gasteiger partial charge on any atom is -0.351 e. The number of nitrogens with two attached hydrogens (primary N) is 1. The Hall–Kier alpha value is -2.55. The van der Waals surface area contributed by atoms with Gasteiger partial charge >= 0.3 is 0 Å². The molecule has 0 aromatic heterocycles. The molecule has 0 fully saturated rings. The fraction of sp³-hybridized carbons (Fsp3) is 0.400. The van der Waals surface area contributed by atoms with Gasteiger partial charge in [0.1, 0.15) is 5.82 Å². The van der Waals surface area contributed by atoms with Crippen molar-refractivity contribution in [3.05, 3.63) is 78.1 Å². The third-order valence-electron chi connectivity index (χ3n) is 6.09. The van der Waals surface area contributed by atoms with Crippen LogP contribution in [0.3, 0.4) is 0 Å². The van der Waals surface area contributed by atoms with E-state index in [0.717, 1.165) is 11.1 Å². The number of fused-ring (bicyclic) bond motifs is 1. The molecule has 1 aliphatic rings. The Morgan fingerprint density at radius 3 is 2.70 bits per heavy atom. The lowest BCUT2D eigenvalue weighted by Crippen LogP contribution is -2.48. The predicted octanol–water partition coefficient (Wildman–Crippen LogP) is 3.39. The van der Waals surface area contributed by atoms with E-state index in [2.05, 4.69) is 16.6 Å². The van der Waals surface area contributed by atoms with Crippen LogP contribution in [0.1, 0.15) is 49.1 Å². The first-order valence-electron chi connectivity index (χ1n) is 11.3. The van der Waals surface area contributed by atoms with Gasteiger partial charge in [-0.05, 0) is 67.5 Å². The van der Waals surface area contributed by atoms with E-state index < -0.39 is 16.1 Å². The van der Waals surface area contributed by atoms with E-state index in [-0.39, 0.29) is 35.1 Å². The van der Waals surface area contributed by atoms with Crippen LogP contribution in [0.2, 0.25) is 0 Å². The zero-order chi connectivity index (χ0) is 23.8. The highest BCUT2D eigenvalue weighted by Gasteiger charge is 2.31. The second-order valence-corrected chi connectivity index (χ2v) is 10.2. The van der Waals surface area contributed by atoms with Crippen LogP contribution in [0, 0.1) is 5.82 Å². The second-order valence-electron chi connectivity index (χ2n) is 8.44. The van der Waals surface area contributed by atoms with Gasteiger partial charge in [0.05, 0.1) is 10.9 Å². The van der Waals surface area contributed by atoms with Gasteiger partial charge in [-0.3, -0.25) is 4.79 Å². The van der Waals surface area contributed by atoms with Gasteiger partial charge in [0.25, 0.3) is 0 Å². The molecule has 8 heteroatoms. The average molecular weight is 474 g/mol. The Morgan fingerprint density at radius 1 is 1.21 bits per heavy atom. The quantitative estimate of drug-likeness (QED) is 0.344. The van der Waals surface area contributed by atoms with E-state index in [1.807, 2.05) is 6.08 Å². The lowest BCUT2D eigenvalue weighted by molar-refractivity contribution is -0.123. The molecule has 0 unspecified atom stereocenters. The van der Waals surface area contributed by atoms with Crippen LogP contribution in [0.4, 0.5) is 4.39 Å². The van der Waals surface area contributed by atoms with Gasteiger partial charge < -0.3 is 11.1 Å². The summed E-state index contributed by atoms with van der Waals surface area (Å²) in [6, 6.07) is 12.3. The van der Waals surface area contributed by atoms with Crippen molar-refractivity contribution in [3.8, 4) is 0 Å². The van der Waals surface area contributed by atoms with Crippen LogP contribution in [0.15, 0.2) is 66.1 Å². The Labute approximate surface area is 195 Å². The summed E-state index contributed by atoms with van der Waals surface area (Å²) in [4.78, 5) is 12.9. The minimum absolute atomic E-state index is 0.0374. The maximum absolute atomic E-state index is 13.6. The Balaban J connectivity index is 1.46. The maximum Gasteiger partial charge on any atom is 0.240 e. The van der Waals surface area contributed by atoms with Crippen molar-refractivity contribution in [2.24, 2.45) is 5.73 Å². The fourth-order valence-corrected chi connectivity index (χ4v) is 5.42. The molecule has 33 heavy (non-hydrogen) atoms. The number of unbranched alkanes of at least 4 members (excludes halogenated alkanes) is 1. The first kappa shape index (κ1) is 25.1. The number of aryl methyl sites for hydroxylation is 1. The minimum atomic E-state index is -3.53. The van der Waals surface area contributed by atoms with Crippen LogP contribution < -0.4 is 15.8 Å². The third-order valence-corrected chi connectivity index (χ3v) is 7.56. The maximum atomic E-state index is 13.6. The largest absolute Gasteiger partial charge is 0.351 e. The Bertz CT molecular complexity index is 1060. The number of hydrogen-bond acceptors (Lipinski definition) is 4. The number of allylic oxidation sites excluding steroid dienone is 1. The summed E-state index contributed by atoms with van der Waals surface area (Å²) >= 11 is 0. The number of benzene rings is 2. The molecule has 1 aliphatic carbocycles. The molecule has 2 aromatic rings. The van der Waals surface area contributed by atoms with Gasteiger partial charge in [-0.2, -0.15) is 0 Å². The molecule has 0 saturated heterocycles. The fourth-order valence-electron chi connectivity index (χ4n) is 4.32. The van der Waals surface area contributed by atoms with Crippen molar-refractivity contribution in [2.75, 3.05) is 6.54 Å². The highest BCUT2D eigenvalue weighted by atomic mass is 32.2. The van der Waals surface area contributed by atoms with E-state index in [1.54, 1.807) is 42.5 Å². The van der Waals surface area contributed by atoms with Crippen molar-refractivity contribution in [2.45, 2.75) is 61.4 Å². The SMILES string of the molecule is C=CC[C@@H]1c2ccc(F)cc2CC[C@H]1NC(=O)[C@@H](N)CCCCNS(=O)(=O)c1ccccc1. The standard InChI is InChI=1S/C25H32FN3O3S/c1-2-8-22-21-14-13-19(26)17-18(21)12-15-24(22)29-25(30)23(27)11-6-7-16-28-33(31,32)20-9-4-3-5-10-20/h2-5,9-10,13-14,17,22-24,28H,1,6-8,11-12,15-16,27H2,(H,29,30)/t22-,23+,24-/m1/s1. The van der Waals surface area contributed by atoms with E-state index in [9.17, 15) is 17.6 Å². The predicted molar refractivity (Wildman–Crippen MR) is 128 cm³/mol. The molecule has 178 valence electrons. The van der Waals surface area contributed by atoms with Gasteiger partial charge in [-0.15, -0.1) is 6.58 Å². The molecule has 3 atom stereocenters. The lowest BCUT2D eigenvalue weighted by atomic mass is 9.77. The second kappa shape index (κ2) is 11.5. The smallest absolute Gasteiger partial charge is 0.240 e. The van der Waals surface area contributed by atoms with E-state index in [4.69, 9.17) is 5.73 Å². The summed E-state index contributed by atoms with van der Waals surface area (Å²) < 4.78 is 40.6. The lowest BCUT2D eigenvalue weighted by Gasteiger charge is -2.34. The first-order chi connectivity index (χ1) is 15.8. The van der Waals surface area contributed by atoms with Crippen molar-refractivity contribution in [1.29, 1.82) is 0 Å². The Morgan fingerprint density at radius 2 is 1.97 bits per heavy atom. The van der Waals surface area contributed by atoms with E-state index in [0.29, 0.717) is 38.5 Å². The topological polar surface area (TPSA) is 101 Å². The van der Waals surface area contributed by atoms with Crippen molar-refractivity contribution >= 4 is 15.9 Å². The summed E-state index contributed by atoms with van der Waals surface area (Å²) in [7, 11) is -3.53. The molecule has 1 amide bonds. The molecule has 6 nitrogen and oxygen atoms in total. The first-order valence-corrected chi connectivity index (χ1v) is 12.8. The summed E-state index contributed by atoms with van der Waals surface area (Å²) in [5.74, 6) is -0.429. The monoisotopic (exact) mass is 473 g/mol. The van der Waals surface area contributed by atoms with Crippen LogP contribution >= 0.6 is 0 Å². The van der Waals surface area contributed by atoms with E-state index in [1.165, 1.54) is 6.07 Å². The zero-order valence-corrected chi connectivity index (χ0v) is 19.5. The van der Waals surface area contributed by atoms with Crippen LogP contribution in [-0.4, -0.2) is 33.0 Å². The number of sulfonamides is 1. The zero-order valence-electron chi connectivity index (χ0n) is 18.7. The third kappa shape index (κ3) is 6.72. The van der Waals surface area contributed by atoms with Crippen molar-refractivity contribution < 1.29 is 17.6 Å². The molecule has 2 aromatic carbocycles. The molecule has 3 rings (SSSR count). The van der Waals surface area contributed by atoms with Gasteiger partial charge in [-0.1, -0.05) is 36.8 Å². The van der Waals surface area contributed by atoms with Crippen LogP contribution in [0.25, 0.3) is 0 Å². The number of halogens is 1. The molecule has 0 spiro atoms. The number of rotatable bonds is 11. The molecular weight excluding hydrogens is 441 g/mol. The van der Waals surface area contributed by atoms with Gasteiger partial charge in [0.2, 0.25) is 15.9 Å². The number of hydrogen-bond donors (Lipinski definition) is 3. The summed E-state index contributed by atoms with van der Waals surface area (Å²) in [6.07, 6.45) is 5.57. The van der Waals surface area contributed by atoms with Crippen molar-refractivity contribution in [1.82, 2.24) is 10.0 Å². The average Bonchev–Trinajstić information content (AvgIpc) is 2.80. The molecular formula is C25H32FN3O3S. The highest BCUT2D eigenvalue weighted by Crippen LogP contribution is 2.35. The number of amides is 1. The Kier molecular flexibility index (Phi) is 8.77. The highest BCUT2D eigenvalue weighted by molar-refractivity contribution is 7.89. The molecule has 0 radical (unpaired) electrons. The molecule has 0 bridgehead atoms. The van der Waals surface area contributed by atoms with Crippen LogP contribution in [-0.2, 0) is 21.2 Å². The molecule has 4 N–H and O–H groups in total. The summed E-state index contributed by atoms with van der Waals surface area (Å²) in [6.45, 7) is 4.11. The van der Waals surface area contributed by atoms with Gasteiger partial charge in [0, 0.05) is 18.5 Å². The van der Waals surface area contributed by atoms with Crippen molar-refractivity contribution in [3.63, 3.8) is 0 Å². The van der Waals surface area contributed by atoms with Gasteiger partial charge in [-0.25, -0.2) is 17.5 Å². The number of carbonyl (C=O) groups excluding carboxylic acids is 1. The summed E-state index contributed by atoms with van der Waals surface area (Å²) in [5.41, 5.74) is 8.14. The van der Waals surface area contributed by atoms with Crippen LogP contribution in [0.5, 0.6) is 0 Å². The normalized spacial score (nSPS) is 18.8. The molecule has 0 heterocycles. The molecule has 0 aliphatic heterocycles.